The van der Waals surface area contributed by atoms with E-state index in [-0.39, 0.29) is 17.9 Å². The smallest absolute Gasteiger partial charge is 0.306 e. The Labute approximate surface area is 90.2 Å². The fraction of sp³-hybridized carbons (Fsp3) is 0.417. The normalized spacial score (nSPS) is 14.3. The Morgan fingerprint density at radius 1 is 1.40 bits per heavy atom. The number of rotatable bonds is 4. The highest BCUT2D eigenvalue weighted by molar-refractivity contribution is 5.70. The van der Waals surface area contributed by atoms with Crippen LogP contribution in [-0.4, -0.2) is 19.1 Å². The van der Waals surface area contributed by atoms with Gasteiger partial charge >= 0.3 is 5.97 Å². The van der Waals surface area contributed by atoms with Crippen molar-refractivity contribution < 1.29 is 9.53 Å². The molecule has 0 bridgehead atoms. The van der Waals surface area contributed by atoms with Crippen molar-refractivity contribution in [2.45, 2.75) is 25.3 Å². The lowest BCUT2D eigenvalue weighted by molar-refractivity contribution is -0.141. The largest absolute Gasteiger partial charge is 0.469 e. The highest BCUT2D eigenvalue weighted by atomic mass is 16.5. The molecule has 0 spiro atoms. The Balaban J connectivity index is 2.79. The van der Waals surface area contributed by atoms with Crippen molar-refractivity contribution in [3.63, 3.8) is 0 Å². The minimum Gasteiger partial charge on any atom is -0.469 e. The number of methoxy groups -OCH3 is 1. The maximum absolute atomic E-state index is 11.2. The van der Waals surface area contributed by atoms with E-state index in [4.69, 9.17) is 5.73 Å². The highest BCUT2D eigenvalue weighted by Crippen LogP contribution is 2.22. The van der Waals surface area contributed by atoms with Crippen molar-refractivity contribution in [1.82, 2.24) is 0 Å². The lowest BCUT2D eigenvalue weighted by atomic mass is 9.90. The molecule has 0 saturated carbocycles. The van der Waals surface area contributed by atoms with Gasteiger partial charge in [0.2, 0.25) is 0 Å². The number of hydrogen-bond donors (Lipinski definition) is 1. The molecule has 0 amide bonds. The van der Waals surface area contributed by atoms with E-state index in [9.17, 15) is 4.79 Å². The topological polar surface area (TPSA) is 52.3 Å². The number of carbonyl (C=O) groups excluding carboxylic acids is 1. The second kappa shape index (κ2) is 5.51. The average molecular weight is 207 g/mol. The van der Waals surface area contributed by atoms with E-state index in [1.54, 1.807) is 0 Å². The zero-order valence-electron chi connectivity index (χ0n) is 9.14. The van der Waals surface area contributed by atoms with Crippen LogP contribution in [0, 0.1) is 0 Å². The molecule has 2 atom stereocenters. The fourth-order valence-electron chi connectivity index (χ4n) is 1.57. The van der Waals surface area contributed by atoms with Crippen molar-refractivity contribution in [2.75, 3.05) is 7.11 Å². The summed E-state index contributed by atoms with van der Waals surface area (Å²) in [4.78, 5) is 11.2. The second-order valence-electron chi connectivity index (χ2n) is 3.66. The van der Waals surface area contributed by atoms with Crippen molar-refractivity contribution in [2.24, 2.45) is 5.73 Å². The summed E-state index contributed by atoms with van der Waals surface area (Å²) >= 11 is 0. The van der Waals surface area contributed by atoms with Gasteiger partial charge in [0.05, 0.1) is 13.5 Å². The first-order valence-corrected chi connectivity index (χ1v) is 5.02. The molecule has 2 N–H and O–H groups in total. The van der Waals surface area contributed by atoms with E-state index < -0.39 is 0 Å². The quantitative estimate of drug-likeness (QED) is 0.764. The Bertz CT molecular complexity index is 309. The van der Waals surface area contributed by atoms with E-state index in [0.717, 1.165) is 5.56 Å². The summed E-state index contributed by atoms with van der Waals surface area (Å²) in [5, 5.41) is 0. The molecule has 15 heavy (non-hydrogen) atoms. The Kier molecular flexibility index (Phi) is 4.31. The first kappa shape index (κ1) is 11.7. The maximum atomic E-state index is 11.2. The predicted octanol–water partition coefficient (Wildman–Crippen LogP) is 1.68. The van der Waals surface area contributed by atoms with Gasteiger partial charge in [0.1, 0.15) is 0 Å². The number of ether oxygens (including phenoxy) is 1. The summed E-state index contributed by atoms with van der Waals surface area (Å²) in [5.41, 5.74) is 6.95. The van der Waals surface area contributed by atoms with Gasteiger partial charge in [-0.2, -0.15) is 0 Å². The molecule has 0 unspecified atom stereocenters. The molecule has 3 heteroatoms. The lowest BCUT2D eigenvalue weighted by Gasteiger charge is -2.19. The zero-order valence-corrected chi connectivity index (χ0v) is 9.14. The SMILES string of the molecule is COC(=O)C[C@@H](c1ccccc1)[C@H](C)N. The molecule has 0 fully saturated rings. The van der Waals surface area contributed by atoms with Gasteiger partial charge in [-0.25, -0.2) is 0 Å². The molecular weight excluding hydrogens is 190 g/mol. The zero-order chi connectivity index (χ0) is 11.3. The summed E-state index contributed by atoms with van der Waals surface area (Å²) in [6.45, 7) is 1.90. The molecule has 0 radical (unpaired) electrons. The molecule has 1 rings (SSSR count). The van der Waals surface area contributed by atoms with E-state index in [0.29, 0.717) is 6.42 Å². The molecular formula is C12H17NO2. The van der Waals surface area contributed by atoms with E-state index in [1.807, 2.05) is 37.3 Å². The van der Waals surface area contributed by atoms with Crippen LogP contribution in [0.5, 0.6) is 0 Å². The summed E-state index contributed by atoms with van der Waals surface area (Å²) in [5.74, 6) is -0.195. The van der Waals surface area contributed by atoms with Gasteiger partial charge in [0.25, 0.3) is 0 Å². The van der Waals surface area contributed by atoms with Crippen molar-refractivity contribution >= 4 is 5.97 Å². The Morgan fingerprint density at radius 2 is 2.00 bits per heavy atom. The van der Waals surface area contributed by atoms with Gasteiger partial charge in [-0.05, 0) is 12.5 Å². The standard InChI is InChI=1S/C12H17NO2/c1-9(13)11(8-12(14)15-2)10-6-4-3-5-7-10/h3-7,9,11H,8,13H2,1-2H3/t9-,11+/m0/s1. The van der Waals surface area contributed by atoms with Crippen LogP contribution in [0.2, 0.25) is 0 Å². The summed E-state index contributed by atoms with van der Waals surface area (Å²) in [7, 11) is 1.39. The lowest BCUT2D eigenvalue weighted by Crippen LogP contribution is -2.27. The molecule has 82 valence electrons. The molecule has 0 aliphatic heterocycles. The monoisotopic (exact) mass is 207 g/mol. The third-order valence-electron chi connectivity index (χ3n) is 2.48. The first-order chi connectivity index (χ1) is 7.15. The highest BCUT2D eigenvalue weighted by Gasteiger charge is 2.19. The minimum absolute atomic E-state index is 0.0265. The Hall–Kier alpha value is -1.35. The molecule has 0 aliphatic carbocycles. The van der Waals surface area contributed by atoms with E-state index in [1.165, 1.54) is 7.11 Å². The number of hydrogen-bond acceptors (Lipinski definition) is 3. The fourth-order valence-corrected chi connectivity index (χ4v) is 1.57. The van der Waals surface area contributed by atoms with E-state index in [2.05, 4.69) is 4.74 Å². The van der Waals surface area contributed by atoms with Gasteiger partial charge in [0.15, 0.2) is 0 Å². The number of benzene rings is 1. The van der Waals surface area contributed by atoms with Crippen LogP contribution < -0.4 is 5.73 Å². The average Bonchev–Trinajstić information content (AvgIpc) is 2.26. The number of carbonyl (C=O) groups is 1. The van der Waals surface area contributed by atoms with Gasteiger partial charge < -0.3 is 10.5 Å². The van der Waals surface area contributed by atoms with Crippen molar-refractivity contribution in [3.05, 3.63) is 35.9 Å². The van der Waals surface area contributed by atoms with E-state index >= 15 is 0 Å². The molecule has 0 aromatic heterocycles. The van der Waals surface area contributed by atoms with Crippen molar-refractivity contribution in [3.8, 4) is 0 Å². The third kappa shape index (κ3) is 3.36. The van der Waals surface area contributed by atoms with Gasteiger partial charge in [-0.3, -0.25) is 4.79 Å². The van der Waals surface area contributed by atoms with Crippen LogP contribution in [0.15, 0.2) is 30.3 Å². The number of esters is 1. The summed E-state index contributed by atoms with van der Waals surface area (Å²) < 4.78 is 4.66. The maximum Gasteiger partial charge on any atom is 0.306 e. The molecule has 1 aromatic carbocycles. The predicted molar refractivity (Wildman–Crippen MR) is 59.5 cm³/mol. The molecule has 3 nitrogen and oxygen atoms in total. The van der Waals surface area contributed by atoms with Gasteiger partial charge in [0, 0.05) is 12.0 Å². The summed E-state index contributed by atoms with van der Waals surface area (Å²) in [6.07, 6.45) is 0.332. The molecule has 0 heterocycles. The van der Waals surface area contributed by atoms with Crippen molar-refractivity contribution in [1.29, 1.82) is 0 Å². The molecule has 0 saturated heterocycles. The minimum atomic E-state index is -0.221. The van der Waals surface area contributed by atoms with Crippen LogP contribution in [0.3, 0.4) is 0 Å². The van der Waals surface area contributed by atoms with Crippen LogP contribution in [-0.2, 0) is 9.53 Å². The van der Waals surface area contributed by atoms with Gasteiger partial charge in [-0.15, -0.1) is 0 Å². The van der Waals surface area contributed by atoms with Crippen LogP contribution >= 0.6 is 0 Å². The Morgan fingerprint density at radius 3 is 2.47 bits per heavy atom. The van der Waals surface area contributed by atoms with Crippen LogP contribution in [0.1, 0.15) is 24.8 Å². The van der Waals surface area contributed by atoms with Crippen LogP contribution in [0.4, 0.5) is 0 Å². The third-order valence-corrected chi connectivity index (χ3v) is 2.48. The molecule has 1 aromatic rings. The second-order valence-corrected chi connectivity index (χ2v) is 3.66. The summed E-state index contributed by atoms with van der Waals surface area (Å²) in [6, 6.07) is 9.74. The molecule has 0 aliphatic rings. The van der Waals surface area contributed by atoms with Crippen LogP contribution in [0.25, 0.3) is 0 Å². The first-order valence-electron chi connectivity index (χ1n) is 5.02. The number of nitrogens with two attached hydrogens (primary N) is 1. The van der Waals surface area contributed by atoms with Gasteiger partial charge in [-0.1, -0.05) is 30.3 Å².